The number of ether oxygens (including phenoxy) is 1. The third-order valence-electron chi connectivity index (χ3n) is 9.77. The Kier molecular flexibility index (Phi) is 6.79. The van der Waals surface area contributed by atoms with Gasteiger partial charge in [-0.3, -0.25) is 14.4 Å². The van der Waals surface area contributed by atoms with Gasteiger partial charge in [0.05, 0.1) is 17.4 Å². The molecule has 2 aliphatic heterocycles. The van der Waals surface area contributed by atoms with Crippen LogP contribution in [0, 0.1) is 16.7 Å². The molecular formula is C29H36ClN5O5. The van der Waals surface area contributed by atoms with Crippen molar-refractivity contribution in [2.45, 2.75) is 70.9 Å². The molecule has 10 nitrogen and oxygen atoms in total. The number of aliphatic carboxylic acids is 1. The van der Waals surface area contributed by atoms with E-state index in [2.05, 4.69) is 10.2 Å². The Hall–Kier alpha value is -3.14. The summed E-state index contributed by atoms with van der Waals surface area (Å²) in [6.45, 7) is 3.30. The van der Waals surface area contributed by atoms with Crippen molar-refractivity contribution in [1.29, 1.82) is 0 Å². The first-order valence-corrected chi connectivity index (χ1v) is 14.6. The zero-order valence-corrected chi connectivity index (χ0v) is 23.8. The van der Waals surface area contributed by atoms with Crippen LogP contribution in [-0.2, 0) is 34.5 Å². The first kappa shape index (κ1) is 27.1. The number of benzene rings is 1. The van der Waals surface area contributed by atoms with Gasteiger partial charge in [-0.15, -0.1) is 10.2 Å². The summed E-state index contributed by atoms with van der Waals surface area (Å²) in [5, 5.41) is 18.8. The molecule has 4 aliphatic rings. The molecule has 0 unspecified atom stereocenters. The number of likely N-dealkylation sites (tertiary alicyclic amines) is 1. The molecule has 1 spiro atoms. The van der Waals surface area contributed by atoms with Gasteiger partial charge in [0.1, 0.15) is 18.7 Å². The van der Waals surface area contributed by atoms with Gasteiger partial charge >= 0.3 is 5.97 Å². The van der Waals surface area contributed by atoms with E-state index in [4.69, 9.17) is 16.3 Å². The van der Waals surface area contributed by atoms with Gasteiger partial charge in [-0.05, 0) is 62.1 Å². The summed E-state index contributed by atoms with van der Waals surface area (Å²) in [5.74, 6) is -0.383. The fraction of sp³-hybridized carbons (Fsp3) is 0.621. The van der Waals surface area contributed by atoms with Crippen LogP contribution in [0.25, 0.3) is 0 Å². The van der Waals surface area contributed by atoms with E-state index in [0.29, 0.717) is 61.9 Å². The summed E-state index contributed by atoms with van der Waals surface area (Å²) in [4.78, 5) is 43.6. The maximum Gasteiger partial charge on any atom is 0.310 e. The molecule has 2 aliphatic carbocycles. The SMILES string of the molecule is Cn1cnnc1COc1ccc(Cl)c2c1[C@@H](CN1CC3(CC3)CC1=O)N(C(=O)[C@@H]1CCCC[C@]1(C)C(=O)O)CC2. The Morgan fingerprint density at radius 1 is 1.23 bits per heavy atom. The number of carbonyl (C=O) groups is 3. The van der Waals surface area contributed by atoms with E-state index in [1.54, 1.807) is 17.8 Å². The van der Waals surface area contributed by atoms with Crippen LogP contribution >= 0.6 is 11.6 Å². The average molecular weight is 570 g/mol. The van der Waals surface area contributed by atoms with Crippen LogP contribution < -0.4 is 4.74 Å². The predicted octanol–water partition coefficient (Wildman–Crippen LogP) is 3.77. The lowest BCUT2D eigenvalue weighted by atomic mass is 9.66. The maximum atomic E-state index is 14.3. The molecule has 2 aromatic rings. The molecule has 0 bridgehead atoms. The number of hydrogen-bond acceptors (Lipinski definition) is 6. The second-order valence-electron chi connectivity index (χ2n) is 12.4. The number of halogens is 1. The highest BCUT2D eigenvalue weighted by atomic mass is 35.5. The van der Waals surface area contributed by atoms with E-state index in [0.717, 1.165) is 36.8 Å². The number of carbonyl (C=O) groups excluding carboxylic acids is 2. The molecule has 2 amide bonds. The van der Waals surface area contributed by atoms with E-state index < -0.39 is 23.3 Å². The molecular weight excluding hydrogens is 534 g/mol. The summed E-state index contributed by atoms with van der Waals surface area (Å²) in [7, 11) is 1.84. The van der Waals surface area contributed by atoms with Crippen molar-refractivity contribution in [3.05, 3.63) is 40.4 Å². The van der Waals surface area contributed by atoms with Crippen LogP contribution in [0.4, 0.5) is 0 Å². The highest BCUT2D eigenvalue weighted by Gasteiger charge is 2.53. The highest BCUT2D eigenvalue weighted by Crippen LogP contribution is 2.54. The number of fused-ring (bicyclic) bond motifs is 1. The Labute approximate surface area is 238 Å². The molecule has 3 fully saturated rings. The van der Waals surface area contributed by atoms with Crippen molar-refractivity contribution in [3.63, 3.8) is 0 Å². The zero-order valence-electron chi connectivity index (χ0n) is 23.1. The molecule has 40 heavy (non-hydrogen) atoms. The minimum absolute atomic E-state index is 0.0769. The van der Waals surface area contributed by atoms with Gasteiger partial charge in [-0.1, -0.05) is 24.4 Å². The number of carboxylic acid groups (broad SMARTS) is 1. The van der Waals surface area contributed by atoms with Crippen molar-refractivity contribution >= 4 is 29.4 Å². The Morgan fingerprint density at radius 3 is 2.70 bits per heavy atom. The van der Waals surface area contributed by atoms with E-state index in [1.165, 1.54) is 0 Å². The largest absolute Gasteiger partial charge is 0.485 e. The van der Waals surface area contributed by atoms with Gasteiger partial charge in [0.2, 0.25) is 11.8 Å². The highest BCUT2D eigenvalue weighted by molar-refractivity contribution is 6.31. The molecule has 1 aromatic heterocycles. The van der Waals surface area contributed by atoms with E-state index in [1.807, 2.05) is 29.0 Å². The van der Waals surface area contributed by atoms with Crippen molar-refractivity contribution in [1.82, 2.24) is 24.6 Å². The molecule has 6 rings (SSSR count). The average Bonchev–Trinajstić information content (AvgIpc) is 3.43. The number of carboxylic acids is 1. The van der Waals surface area contributed by atoms with Gasteiger partial charge in [0, 0.05) is 43.7 Å². The molecule has 0 radical (unpaired) electrons. The van der Waals surface area contributed by atoms with Gasteiger partial charge in [-0.25, -0.2) is 0 Å². The van der Waals surface area contributed by atoms with Crippen LogP contribution in [0.1, 0.15) is 74.9 Å². The summed E-state index contributed by atoms with van der Waals surface area (Å²) >= 11 is 6.72. The van der Waals surface area contributed by atoms with Crippen LogP contribution in [0.3, 0.4) is 0 Å². The lowest BCUT2D eigenvalue weighted by Gasteiger charge is -2.45. The van der Waals surface area contributed by atoms with E-state index >= 15 is 0 Å². The number of amides is 2. The zero-order chi connectivity index (χ0) is 28.2. The fourth-order valence-electron chi connectivity index (χ4n) is 6.99. The lowest BCUT2D eigenvalue weighted by molar-refractivity contribution is -0.162. The molecule has 1 N–H and O–H groups in total. The molecule has 214 valence electrons. The second-order valence-corrected chi connectivity index (χ2v) is 12.8. The predicted molar refractivity (Wildman–Crippen MR) is 146 cm³/mol. The summed E-state index contributed by atoms with van der Waals surface area (Å²) < 4.78 is 8.08. The minimum Gasteiger partial charge on any atom is -0.485 e. The number of aryl methyl sites for hydroxylation is 1. The van der Waals surface area contributed by atoms with Crippen molar-refractivity contribution in [2.75, 3.05) is 19.6 Å². The second kappa shape index (κ2) is 10.0. The first-order valence-electron chi connectivity index (χ1n) is 14.2. The third-order valence-corrected chi connectivity index (χ3v) is 10.1. The van der Waals surface area contributed by atoms with Gasteiger partial charge in [0.25, 0.3) is 0 Å². The van der Waals surface area contributed by atoms with Gasteiger partial charge in [-0.2, -0.15) is 0 Å². The van der Waals surface area contributed by atoms with E-state index in [-0.39, 0.29) is 23.8 Å². The Balaban J connectivity index is 1.38. The quantitative estimate of drug-likeness (QED) is 0.539. The third kappa shape index (κ3) is 4.63. The van der Waals surface area contributed by atoms with Crippen molar-refractivity contribution < 1.29 is 24.2 Å². The van der Waals surface area contributed by atoms with Crippen molar-refractivity contribution in [3.8, 4) is 5.75 Å². The topological polar surface area (TPSA) is 118 Å². The first-order chi connectivity index (χ1) is 19.1. The Bertz CT molecular complexity index is 1360. The molecule has 1 saturated heterocycles. The van der Waals surface area contributed by atoms with Crippen LogP contribution in [0.15, 0.2) is 18.5 Å². The standard InChI is InChI=1S/C29H36ClN5O5/c1-28(27(38)39)9-4-3-5-19(28)26(37)35-12-8-18-20(30)6-7-22(40-15-23-32-31-17-33(23)2)25(18)21(35)14-34-16-29(10-11-29)13-24(34)36/h6-7,17,19,21H,3-5,8-16H2,1-2H3,(H,38,39)/t19-,21+,28-/m0/s1. The monoisotopic (exact) mass is 569 g/mol. The molecule has 11 heteroatoms. The van der Waals surface area contributed by atoms with Crippen molar-refractivity contribution in [2.24, 2.45) is 23.8 Å². The number of aromatic nitrogens is 3. The number of rotatable bonds is 7. The van der Waals surface area contributed by atoms with Crippen LogP contribution in [0.2, 0.25) is 5.02 Å². The lowest BCUT2D eigenvalue weighted by Crippen LogP contribution is -2.52. The maximum absolute atomic E-state index is 14.3. The fourth-order valence-corrected chi connectivity index (χ4v) is 7.25. The van der Waals surface area contributed by atoms with Crippen LogP contribution in [0.5, 0.6) is 5.75 Å². The molecule has 2 saturated carbocycles. The molecule has 3 atom stereocenters. The van der Waals surface area contributed by atoms with E-state index in [9.17, 15) is 19.5 Å². The van der Waals surface area contributed by atoms with Gasteiger partial charge < -0.3 is 24.2 Å². The van der Waals surface area contributed by atoms with Gasteiger partial charge in [0.15, 0.2) is 5.82 Å². The molecule has 3 heterocycles. The summed E-state index contributed by atoms with van der Waals surface area (Å²) in [6, 6.07) is 3.13. The summed E-state index contributed by atoms with van der Waals surface area (Å²) in [5.41, 5.74) is 0.656. The normalized spacial score (nSPS) is 27.1. The Morgan fingerprint density at radius 2 is 2.02 bits per heavy atom. The minimum atomic E-state index is -1.12. The number of hydrogen-bond donors (Lipinski definition) is 1. The smallest absolute Gasteiger partial charge is 0.310 e. The number of nitrogens with zero attached hydrogens (tertiary/aromatic N) is 5. The van der Waals surface area contributed by atoms with Crippen LogP contribution in [-0.4, -0.2) is 67.1 Å². The summed E-state index contributed by atoms with van der Waals surface area (Å²) in [6.07, 6.45) is 7.39. The molecule has 1 aromatic carbocycles.